The molecule has 2 aromatic rings. The Morgan fingerprint density at radius 2 is 2.12 bits per heavy atom. The van der Waals surface area contributed by atoms with E-state index in [9.17, 15) is 4.39 Å². The summed E-state index contributed by atoms with van der Waals surface area (Å²) < 4.78 is 14.4. The van der Waals surface area contributed by atoms with Crippen LogP contribution in [0.2, 0.25) is 5.02 Å². The first-order valence-corrected chi connectivity index (χ1v) is 5.77. The van der Waals surface area contributed by atoms with Crippen LogP contribution in [0.1, 0.15) is 0 Å². The van der Waals surface area contributed by atoms with Crippen LogP contribution in [0.4, 0.5) is 10.2 Å². The third-order valence-electron chi connectivity index (χ3n) is 1.96. The predicted octanol–water partition coefficient (Wildman–Crippen LogP) is 3.12. The highest BCUT2D eigenvalue weighted by Crippen LogP contribution is 2.26. The number of nitrogens with two attached hydrogens (primary N) is 1. The van der Waals surface area contributed by atoms with Crippen molar-refractivity contribution < 1.29 is 4.39 Å². The second kappa shape index (κ2) is 4.50. The molecule has 3 nitrogen and oxygen atoms in total. The fourth-order valence-electron chi connectivity index (χ4n) is 1.19. The molecule has 0 aliphatic heterocycles. The molecule has 16 heavy (non-hydrogen) atoms. The van der Waals surface area contributed by atoms with E-state index in [1.54, 1.807) is 18.3 Å². The summed E-state index contributed by atoms with van der Waals surface area (Å²) in [6.07, 6.45) is 1.54. The zero-order chi connectivity index (χ0) is 11.7. The Morgan fingerprint density at radius 1 is 1.38 bits per heavy atom. The fraction of sp³-hybridized carbons (Fsp3) is 0. The zero-order valence-electron chi connectivity index (χ0n) is 7.92. The third kappa shape index (κ3) is 2.10. The molecule has 0 unspecified atom stereocenters. The minimum absolute atomic E-state index is 0.0400. The average Bonchev–Trinajstić information content (AvgIpc) is 2.26. The Hall–Kier alpha value is -0.950. The second-order valence-electron chi connectivity index (χ2n) is 3.03. The van der Waals surface area contributed by atoms with Crippen molar-refractivity contribution in [3.05, 3.63) is 38.8 Å². The van der Waals surface area contributed by atoms with Crippen molar-refractivity contribution in [3.63, 3.8) is 0 Å². The van der Waals surface area contributed by atoms with Crippen molar-refractivity contribution in [2.24, 2.45) is 0 Å². The lowest BCUT2D eigenvalue weighted by atomic mass is 10.2. The molecule has 0 saturated heterocycles. The first-order chi connectivity index (χ1) is 7.59. The van der Waals surface area contributed by atoms with Crippen LogP contribution in [0.15, 0.2) is 24.4 Å². The molecule has 0 bridgehead atoms. The Balaban J connectivity index is 2.59. The van der Waals surface area contributed by atoms with E-state index in [0.717, 1.165) is 3.57 Å². The Bertz CT molecular complexity index is 548. The number of nitrogen functional groups attached to an aromatic ring is 1. The smallest absolute Gasteiger partial charge is 0.164 e. The number of hydrogen-bond acceptors (Lipinski definition) is 3. The lowest BCUT2D eigenvalue weighted by molar-refractivity contribution is 0.630. The maximum atomic E-state index is 13.7. The van der Waals surface area contributed by atoms with Gasteiger partial charge in [-0.1, -0.05) is 17.7 Å². The maximum absolute atomic E-state index is 13.7. The first kappa shape index (κ1) is 11.5. The number of hydrogen-bond donors (Lipinski definition) is 1. The fourth-order valence-corrected chi connectivity index (χ4v) is 1.62. The van der Waals surface area contributed by atoms with E-state index >= 15 is 0 Å². The summed E-state index contributed by atoms with van der Waals surface area (Å²) in [5.74, 6) is 0.0210. The molecule has 0 fully saturated rings. The van der Waals surface area contributed by atoms with Crippen LogP contribution >= 0.6 is 34.2 Å². The average molecular weight is 350 g/mol. The number of nitrogens with zero attached hydrogens (tertiary/aromatic N) is 2. The molecule has 1 aromatic heterocycles. The predicted molar refractivity (Wildman–Crippen MR) is 69.6 cm³/mol. The summed E-state index contributed by atoms with van der Waals surface area (Å²) in [7, 11) is 0. The molecule has 0 aliphatic rings. The van der Waals surface area contributed by atoms with Gasteiger partial charge in [0.2, 0.25) is 0 Å². The molecule has 0 aliphatic carbocycles. The summed E-state index contributed by atoms with van der Waals surface area (Å²) in [6.45, 7) is 0. The van der Waals surface area contributed by atoms with Crippen LogP contribution in [0.5, 0.6) is 0 Å². The molecule has 6 heteroatoms. The second-order valence-corrected chi connectivity index (χ2v) is 4.60. The molecule has 0 spiro atoms. The molecule has 0 saturated carbocycles. The van der Waals surface area contributed by atoms with Crippen molar-refractivity contribution in [2.75, 3.05) is 5.73 Å². The van der Waals surface area contributed by atoms with Gasteiger partial charge in [-0.3, -0.25) is 0 Å². The van der Waals surface area contributed by atoms with Gasteiger partial charge in [0.15, 0.2) is 11.6 Å². The van der Waals surface area contributed by atoms with E-state index in [0.29, 0.717) is 5.82 Å². The van der Waals surface area contributed by atoms with Gasteiger partial charge in [-0.25, -0.2) is 14.4 Å². The Morgan fingerprint density at radius 3 is 2.81 bits per heavy atom. The van der Waals surface area contributed by atoms with Crippen LogP contribution < -0.4 is 5.73 Å². The maximum Gasteiger partial charge on any atom is 0.164 e. The van der Waals surface area contributed by atoms with E-state index in [4.69, 9.17) is 17.3 Å². The molecule has 1 heterocycles. The largest absolute Gasteiger partial charge is 0.383 e. The van der Waals surface area contributed by atoms with Gasteiger partial charge in [-0.2, -0.15) is 0 Å². The lowest BCUT2D eigenvalue weighted by Crippen LogP contribution is -1.99. The van der Waals surface area contributed by atoms with E-state index < -0.39 is 5.82 Å². The van der Waals surface area contributed by atoms with Gasteiger partial charge in [0.1, 0.15) is 5.82 Å². The topological polar surface area (TPSA) is 51.8 Å². The van der Waals surface area contributed by atoms with Gasteiger partial charge in [0.25, 0.3) is 0 Å². The highest BCUT2D eigenvalue weighted by Gasteiger charge is 2.11. The number of rotatable bonds is 1. The van der Waals surface area contributed by atoms with Crippen molar-refractivity contribution in [3.8, 4) is 11.4 Å². The molecular weight excluding hydrogens is 343 g/mol. The van der Waals surface area contributed by atoms with Gasteiger partial charge in [-0.15, -0.1) is 0 Å². The van der Waals surface area contributed by atoms with Gasteiger partial charge in [0.05, 0.1) is 14.2 Å². The van der Waals surface area contributed by atoms with Crippen molar-refractivity contribution in [1.29, 1.82) is 0 Å². The molecule has 0 amide bonds. The minimum atomic E-state index is -0.537. The zero-order valence-corrected chi connectivity index (χ0v) is 10.8. The summed E-state index contributed by atoms with van der Waals surface area (Å²) in [4.78, 5) is 8.02. The van der Waals surface area contributed by atoms with Gasteiger partial charge < -0.3 is 5.73 Å². The highest BCUT2D eigenvalue weighted by atomic mass is 127. The quantitative estimate of drug-likeness (QED) is 0.805. The minimum Gasteiger partial charge on any atom is -0.383 e. The van der Waals surface area contributed by atoms with Crippen LogP contribution in [-0.4, -0.2) is 9.97 Å². The van der Waals surface area contributed by atoms with Crippen LogP contribution in [0.25, 0.3) is 11.4 Å². The number of benzene rings is 1. The number of anilines is 1. The first-order valence-electron chi connectivity index (χ1n) is 4.32. The number of aromatic nitrogens is 2. The van der Waals surface area contributed by atoms with E-state index in [1.165, 1.54) is 6.07 Å². The summed E-state index contributed by atoms with van der Waals surface area (Å²) in [5.41, 5.74) is 5.88. The van der Waals surface area contributed by atoms with Gasteiger partial charge in [-0.05, 0) is 34.7 Å². The standard InChI is InChI=1S/C10H6ClFIN3/c11-6-3-1-2-5(8(6)12)10-15-4-7(13)9(14)16-10/h1-4H,(H2,14,15,16). The summed E-state index contributed by atoms with van der Waals surface area (Å²) >= 11 is 7.68. The third-order valence-corrected chi connectivity index (χ3v) is 3.09. The Kier molecular flexibility index (Phi) is 3.25. The summed E-state index contributed by atoms with van der Waals surface area (Å²) in [6, 6.07) is 4.66. The van der Waals surface area contributed by atoms with E-state index in [2.05, 4.69) is 9.97 Å². The highest BCUT2D eigenvalue weighted by molar-refractivity contribution is 14.1. The molecule has 2 N–H and O–H groups in total. The van der Waals surface area contributed by atoms with Gasteiger partial charge >= 0.3 is 0 Å². The molecule has 1 aromatic carbocycles. The van der Waals surface area contributed by atoms with E-state index in [1.807, 2.05) is 22.6 Å². The number of halogens is 3. The van der Waals surface area contributed by atoms with Crippen LogP contribution in [0, 0.1) is 9.39 Å². The SMILES string of the molecule is Nc1nc(-c2cccc(Cl)c2F)ncc1I. The molecule has 2 rings (SSSR count). The van der Waals surface area contributed by atoms with Crippen LogP contribution in [0.3, 0.4) is 0 Å². The van der Waals surface area contributed by atoms with Crippen molar-refractivity contribution in [1.82, 2.24) is 9.97 Å². The van der Waals surface area contributed by atoms with Crippen molar-refractivity contribution >= 4 is 40.0 Å². The van der Waals surface area contributed by atoms with Crippen LogP contribution in [-0.2, 0) is 0 Å². The Labute approximate surface area is 110 Å². The molecular formula is C10H6ClFIN3. The van der Waals surface area contributed by atoms with E-state index in [-0.39, 0.29) is 16.4 Å². The van der Waals surface area contributed by atoms with Gasteiger partial charge in [0, 0.05) is 6.20 Å². The van der Waals surface area contributed by atoms with Crippen molar-refractivity contribution in [2.45, 2.75) is 0 Å². The molecule has 82 valence electrons. The monoisotopic (exact) mass is 349 g/mol. The normalized spacial score (nSPS) is 10.4. The molecule has 0 atom stereocenters. The lowest BCUT2D eigenvalue weighted by Gasteiger charge is -2.04. The molecule has 0 radical (unpaired) electrons. The summed E-state index contributed by atoms with van der Waals surface area (Å²) in [5, 5.41) is 0.0400.